The molecule has 0 atom stereocenters. The average molecular weight is 413 g/mol. The van der Waals surface area contributed by atoms with Gasteiger partial charge in [0.1, 0.15) is 23.0 Å². The molecule has 3 aromatic rings. The van der Waals surface area contributed by atoms with E-state index in [1.165, 1.54) is 0 Å². The van der Waals surface area contributed by atoms with Crippen LogP contribution < -0.4 is 4.74 Å². The van der Waals surface area contributed by atoms with E-state index in [-0.39, 0.29) is 0 Å². The standard InChI is InChI=1S/C22H14Cl2O4/c1-26-16-5-2-13(3-6-16)21-12-15(22(25)28-21)10-17-7-9-20(27-17)14-4-8-18(23)19(24)11-14/h2-12H,1H3/b15-10-. The molecule has 0 radical (unpaired) electrons. The number of hydrogen-bond acceptors (Lipinski definition) is 4. The van der Waals surface area contributed by atoms with Gasteiger partial charge in [0.2, 0.25) is 0 Å². The summed E-state index contributed by atoms with van der Waals surface area (Å²) >= 11 is 12.0. The lowest BCUT2D eigenvalue weighted by molar-refractivity contribution is -0.130. The molecule has 0 aliphatic carbocycles. The zero-order valence-electron chi connectivity index (χ0n) is 14.7. The van der Waals surface area contributed by atoms with Crippen LogP contribution in [-0.2, 0) is 9.53 Å². The summed E-state index contributed by atoms with van der Waals surface area (Å²) in [5, 5.41) is 0.922. The summed E-state index contributed by atoms with van der Waals surface area (Å²) < 4.78 is 16.3. The van der Waals surface area contributed by atoms with Crippen molar-refractivity contribution in [2.75, 3.05) is 7.11 Å². The van der Waals surface area contributed by atoms with Gasteiger partial charge in [-0.3, -0.25) is 0 Å². The number of esters is 1. The molecule has 0 N–H and O–H groups in total. The number of methoxy groups -OCH3 is 1. The average Bonchev–Trinajstić information content (AvgIpc) is 3.31. The van der Waals surface area contributed by atoms with Crippen molar-refractivity contribution in [3.05, 3.63) is 87.6 Å². The highest BCUT2D eigenvalue weighted by Gasteiger charge is 2.22. The Balaban J connectivity index is 1.60. The number of hydrogen-bond donors (Lipinski definition) is 0. The highest BCUT2D eigenvalue weighted by molar-refractivity contribution is 6.42. The van der Waals surface area contributed by atoms with Crippen molar-refractivity contribution in [2.45, 2.75) is 0 Å². The predicted molar refractivity (Wildman–Crippen MR) is 109 cm³/mol. The number of carbonyl (C=O) groups excluding carboxylic acids is 1. The maximum absolute atomic E-state index is 12.2. The number of cyclic esters (lactones) is 1. The molecule has 1 aliphatic rings. The molecule has 140 valence electrons. The number of ether oxygens (including phenoxy) is 2. The van der Waals surface area contributed by atoms with Gasteiger partial charge < -0.3 is 13.9 Å². The topological polar surface area (TPSA) is 48.7 Å². The molecular formula is C22H14Cl2O4. The smallest absolute Gasteiger partial charge is 0.343 e. The molecule has 0 saturated carbocycles. The van der Waals surface area contributed by atoms with Crippen molar-refractivity contribution >= 4 is 41.0 Å². The van der Waals surface area contributed by atoms with Crippen LogP contribution in [0.15, 0.2) is 70.7 Å². The lowest BCUT2D eigenvalue weighted by atomic mass is 10.1. The van der Waals surface area contributed by atoms with Gasteiger partial charge in [0, 0.05) is 11.1 Å². The second-order valence-electron chi connectivity index (χ2n) is 6.06. The summed E-state index contributed by atoms with van der Waals surface area (Å²) in [5.74, 6) is 1.93. The number of benzene rings is 2. The van der Waals surface area contributed by atoms with Gasteiger partial charge in [0.05, 0.1) is 22.7 Å². The molecule has 1 aliphatic heterocycles. The number of halogens is 2. The van der Waals surface area contributed by atoms with Crippen LogP contribution in [0.3, 0.4) is 0 Å². The minimum atomic E-state index is -0.432. The van der Waals surface area contributed by atoms with E-state index in [0.717, 1.165) is 16.9 Å². The van der Waals surface area contributed by atoms with Gasteiger partial charge in [-0.1, -0.05) is 23.2 Å². The van der Waals surface area contributed by atoms with Crippen molar-refractivity contribution < 1.29 is 18.7 Å². The summed E-state index contributed by atoms with van der Waals surface area (Å²) in [6.45, 7) is 0. The Bertz CT molecular complexity index is 1110. The SMILES string of the molecule is COc1ccc(C2=C/C(=C/c3ccc(-c4ccc(Cl)c(Cl)c4)o3)C(=O)O2)cc1. The Labute approximate surface area is 171 Å². The monoisotopic (exact) mass is 412 g/mol. The zero-order valence-corrected chi connectivity index (χ0v) is 16.3. The molecule has 2 heterocycles. The van der Waals surface area contributed by atoms with Crippen LogP contribution >= 0.6 is 23.2 Å². The zero-order chi connectivity index (χ0) is 19.7. The van der Waals surface area contributed by atoms with Gasteiger partial charge in [0.15, 0.2) is 0 Å². The first-order valence-corrected chi connectivity index (χ1v) is 9.14. The van der Waals surface area contributed by atoms with Crippen LogP contribution in [0.25, 0.3) is 23.2 Å². The molecule has 0 amide bonds. The van der Waals surface area contributed by atoms with Crippen molar-refractivity contribution in [3.63, 3.8) is 0 Å². The maximum Gasteiger partial charge on any atom is 0.343 e. The first-order chi connectivity index (χ1) is 13.5. The summed E-state index contributed by atoms with van der Waals surface area (Å²) in [4.78, 5) is 12.2. The quantitative estimate of drug-likeness (QED) is 0.375. The molecule has 0 spiro atoms. The molecule has 1 aromatic heterocycles. The van der Waals surface area contributed by atoms with E-state index < -0.39 is 5.97 Å². The van der Waals surface area contributed by atoms with Crippen molar-refractivity contribution in [3.8, 4) is 17.1 Å². The van der Waals surface area contributed by atoms with Crippen LogP contribution in [0.2, 0.25) is 10.0 Å². The van der Waals surface area contributed by atoms with Crippen LogP contribution in [0, 0.1) is 0 Å². The van der Waals surface area contributed by atoms with Gasteiger partial charge in [-0.05, 0) is 66.7 Å². The maximum atomic E-state index is 12.2. The Kier molecular flexibility index (Phi) is 4.99. The van der Waals surface area contributed by atoms with Crippen LogP contribution in [0.4, 0.5) is 0 Å². The van der Waals surface area contributed by atoms with Crippen molar-refractivity contribution in [2.24, 2.45) is 0 Å². The third-order valence-electron chi connectivity index (χ3n) is 4.23. The minimum absolute atomic E-state index is 0.404. The molecule has 4 nitrogen and oxygen atoms in total. The second-order valence-corrected chi connectivity index (χ2v) is 6.87. The summed E-state index contributed by atoms with van der Waals surface area (Å²) in [6, 6.07) is 16.1. The summed E-state index contributed by atoms with van der Waals surface area (Å²) in [7, 11) is 1.60. The van der Waals surface area contributed by atoms with Gasteiger partial charge in [-0.25, -0.2) is 4.79 Å². The molecule has 28 heavy (non-hydrogen) atoms. The third kappa shape index (κ3) is 3.70. The normalized spacial score (nSPS) is 14.9. The van der Waals surface area contributed by atoms with Crippen LogP contribution in [0.5, 0.6) is 5.75 Å². The Morgan fingerprint density at radius 3 is 2.39 bits per heavy atom. The fourth-order valence-corrected chi connectivity index (χ4v) is 3.07. The minimum Gasteiger partial charge on any atom is -0.497 e. The Morgan fingerprint density at radius 2 is 1.68 bits per heavy atom. The van der Waals surface area contributed by atoms with Crippen molar-refractivity contribution in [1.29, 1.82) is 0 Å². The lowest BCUT2D eigenvalue weighted by Crippen LogP contribution is -1.97. The van der Waals surface area contributed by atoms with E-state index in [4.69, 9.17) is 37.1 Å². The van der Waals surface area contributed by atoms with Crippen LogP contribution in [-0.4, -0.2) is 13.1 Å². The number of rotatable bonds is 4. The first-order valence-electron chi connectivity index (χ1n) is 8.39. The molecule has 0 saturated heterocycles. The molecule has 0 bridgehead atoms. The second kappa shape index (κ2) is 7.58. The van der Waals surface area contributed by atoms with E-state index in [2.05, 4.69) is 0 Å². The van der Waals surface area contributed by atoms with E-state index in [9.17, 15) is 4.79 Å². The Morgan fingerprint density at radius 1 is 0.929 bits per heavy atom. The Hall–Kier alpha value is -2.95. The van der Waals surface area contributed by atoms with Crippen LogP contribution in [0.1, 0.15) is 11.3 Å². The van der Waals surface area contributed by atoms with Crippen molar-refractivity contribution in [1.82, 2.24) is 0 Å². The number of furan rings is 1. The largest absolute Gasteiger partial charge is 0.497 e. The number of carbonyl (C=O) groups is 1. The first kappa shape index (κ1) is 18.4. The molecule has 0 unspecified atom stereocenters. The van der Waals surface area contributed by atoms with Gasteiger partial charge in [-0.15, -0.1) is 0 Å². The fourth-order valence-electron chi connectivity index (χ4n) is 2.77. The third-order valence-corrected chi connectivity index (χ3v) is 4.97. The predicted octanol–water partition coefficient (Wildman–Crippen LogP) is 6.24. The van der Waals surface area contributed by atoms with E-state index in [1.54, 1.807) is 43.5 Å². The van der Waals surface area contributed by atoms with E-state index >= 15 is 0 Å². The van der Waals surface area contributed by atoms with Gasteiger partial charge in [-0.2, -0.15) is 0 Å². The lowest BCUT2D eigenvalue weighted by Gasteiger charge is -2.03. The molecular weight excluding hydrogens is 399 g/mol. The highest BCUT2D eigenvalue weighted by Crippen LogP contribution is 2.32. The van der Waals surface area contributed by atoms with Gasteiger partial charge >= 0.3 is 5.97 Å². The fraction of sp³-hybridized carbons (Fsp3) is 0.0455. The highest BCUT2D eigenvalue weighted by atomic mass is 35.5. The van der Waals surface area contributed by atoms with E-state index in [1.807, 2.05) is 30.3 Å². The summed E-state index contributed by atoms with van der Waals surface area (Å²) in [6.07, 6.45) is 3.32. The molecule has 4 rings (SSSR count). The molecule has 2 aromatic carbocycles. The van der Waals surface area contributed by atoms with Gasteiger partial charge in [0.25, 0.3) is 0 Å². The molecule has 0 fully saturated rings. The molecule has 6 heteroatoms. The summed E-state index contributed by atoms with van der Waals surface area (Å²) in [5.41, 5.74) is 1.98. The van der Waals surface area contributed by atoms with E-state index in [0.29, 0.717) is 32.9 Å².